The van der Waals surface area contributed by atoms with E-state index in [-0.39, 0.29) is 6.04 Å². The molecular weight excluding hydrogens is 350 g/mol. The summed E-state index contributed by atoms with van der Waals surface area (Å²) in [5.41, 5.74) is 10.3. The minimum absolute atomic E-state index is 0.114. The molecular formula is C21H23N7. The molecule has 0 fully saturated rings. The second kappa shape index (κ2) is 8.06. The molecule has 0 radical (unpaired) electrons. The Labute approximate surface area is 163 Å². The summed E-state index contributed by atoms with van der Waals surface area (Å²) >= 11 is 0. The van der Waals surface area contributed by atoms with Crippen LogP contribution < -0.4 is 16.4 Å². The Morgan fingerprint density at radius 3 is 2.71 bits per heavy atom. The molecule has 0 aliphatic rings. The zero-order valence-corrected chi connectivity index (χ0v) is 15.7. The molecule has 142 valence electrons. The highest BCUT2D eigenvalue weighted by Crippen LogP contribution is 2.20. The first kappa shape index (κ1) is 17.9. The minimum Gasteiger partial charge on any atom is -0.368 e. The van der Waals surface area contributed by atoms with E-state index in [0.717, 1.165) is 34.0 Å². The highest BCUT2D eigenvalue weighted by molar-refractivity contribution is 5.60. The van der Waals surface area contributed by atoms with E-state index in [9.17, 15) is 0 Å². The predicted molar refractivity (Wildman–Crippen MR) is 111 cm³/mol. The largest absolute Gasteiger partial charge is 0.368 e. The number of nitrogens with zero attached hydrogens (tertiary/aromatic N) is 4. The lowest BCUT2D eigenvalue weighted by molar-refractivity contribution is 0.761. The number of anilines is 2. The van der Waals surface area contributed by atoms with Crippen molar-refractivity contribution in [2.24, 2.45) is 5.73 Å². The van der Waals surface area contributed by atoms with Gasteiger partial charge in [-0.1, -0.05) is 36.4 Å². The van der Waals surface area contributed by atoms with Crippen LogP contribution in [-0.4, -0.2) is 26.1 Å². The first-order valence-electron chi connectivity index (χ1n) is 9.23. The van der Waals surface area contributed by atoms with E-state index in [1.807, 2.05) is 72.4 Å². The third-order valence-corrected chi connectivity index (χ3v) is 4.58. The van der Waals surface area contributed by atoms with E-state index < -0.39 is 0 Å². The number of benzene rings is 1. The Bertz CT molecular complexity index is 1040. The van der Waals surface area contributed by atoms with E-state index in [2.05, 4.69) is 20.7 Å². The van der Waals surface area contributed by atoms with Crippen LogP contribution in [0.1, 0.15) is 22.7 Å². The maximum Gasteiger partial charge on any atom is 0.162 e. The Kier molecular flexibility index (Phi) is 5.16. The number of aryl methyl sites for hydroxylation is 1. The van der Waals surface area contributed by atoms with Crippen LogP contribution in [0.5, 0.6) is 0 Å². The van der Waals surface area contributed by atoms with Gasteiger partial charge in [0.1, 0.15) is 11.6 Å². The lowest BCUT2D eigenvalue weighted by Crippen LogP contribution is -2.21. The summed E-state index contributed by atoms with van der Waals surface area (Å²) in [7, 11) is 0. The lowest BCUT2D eigenvalue weighted by atomic mass is 10.1. The molecule has 3 aromatic heterocycles. The first-order valence-corrected chi connectivity index (χ1v) is 9.23. The molecule has 0 aliphatic heterocycles. The van der Waals surface area contributed by atoms with Gasteiger partial charge in [0.2, 0.25) is 0 Å². The van der Waals surface area contributed by atoms with E-state index in [4.69, 9.17) is 10.7 Å². The Hall–Kier alpha value is -3.45. The van der Waals surface area contributed by atoms with Crippen LogP contribution >= 0.6 is 0 Å². The van der Waals surface area contributed by atoms with Crippen LogP contribution in [0.4, 0.5) is 11.6 Å². The van der Waals surface area contributed by atoms with Crippen LogP contribution in [0.15, 0.2) is 67.1 Å². The van der Waals surface area contributed by atoms with Crippen molar-refractivity contribution in [3.8, 4) is 0 Å². The van der Waals surface area contributed by atoms with Crippen molar-refractivity contribution in [3.63, 3.8) is 0 Å². The van der Waals surface area contributed by atoms with Gasteiger partial charge in [0, 0.05) is 43.2 Å². The maximum atomic E-state index is 6.31. The van der Waals surface area contributed by atoms with Gasteiger partial charge in [-0.05, 0) is 24.1 Å². The number of rotatable bonds is 7. The molecule has 1 atom stereocenters. The lowest BCUT2D eigenvalue weighted by Gasteiger charge is -2.15. The zero-order chi connectivity index (χ0) is 19.3. The van der Waals surface area contributed by atoms with Crippen molar-refractivity contribution >= 4 is 17.3 Å². The third kappa shape index (κ3) is 3.94. The van der Waals surface area contributed by atoms with Gasteiger partial charge in [0.15, 0.2) is 5.65 Å². The molecule has 0 bridgehead atoms. The minimum atomic E-state index is -0.114. The van der Waals surface area contributed by atoms with Crippen molar-refractivity contribution in [3.05, 3.63) is 83.8 Å². The summed E-state index contributed by atoms with van der Waals surface area (Å²) in [6.07, 6.45) is 5.43. The molecule has 7 nitrogen and oxygen atoms in total. The molecule has 0 amide bonds. The van der Waals surface area contributed by atoms with Crippen LogP contribution in [0.2, 0.25) is 0 Å². The zero-order valence-electron chi connectivity index (χ0n) is 15.7. The van der Waals surface area contributed by atoms with Gasteiger partial charge in [-0.15, -0.1) is 0 Å². The van der Waals surface area contributed by atoms with Gasteiger partial charge in [-0.2, -0.15) is 9.61 Å². The topological polar surface area (TPSA) is 93.2 Å². The first-order chi connectivity index (χ1) is 13.7. The molecule has 0 saturated heterocycles. The summed E-state index contributed by atoms with van der Waals surface area (Å²) in [5, 5.41) is 11.2. The number of nitrogens with two attached hydrogens (primary N) is 1. The molecule has 3 heterocycles. The Morgan fingerprint density at radius 2 is 1.93 bits per heavy atom. The fourth-order valence-electron chi connectivity index (χ4n) is 3.02. The van der Waals surface area contributed by atoms with Crippen molar-refractivity contribution in [2.45, 2.75) is 19.5 Å². The van der Waals surface area contributed by atoms with Gasteiger partial charge >= 0.3 is 0 Å². The molecule has 4 N–H and O–H groups in total. The molecule has 1 unspecified atom stereocenters. The third-order valence-electron chi connectivity index (χ3n) is 4.58. The SMILES string of the molecule is Cc1cnn2c(NCc3cccnc3)cc(NCC(N)c3ccccc3)nc12. The van der Waals surface area contributed by atoms with Crippen LogP contribution in [0.3, 0.4) is 0 Å². The second-order valence-corrected chi connectivity index (χ2v) is 6.70. The average Bonchev–Trinajstić information content (AvgIpc) is 3.12. The van der Waals surface area contributed by atoms with Crippen molar-refractivity contribution in [2.75, 3.05) is 17.2 Å². The average molecular weight is 373 g/mol. The molecule has 4 aromatic rings. The number of aromatic nitrogens is 4. The fraction of sp³-hybridized carbons (Fsp3) is 0.190. The smallest absolute Gasteiger partial charge is 0.162 e. The van der Waals surface area contributed by atoms with Crippen molar-refractivity contribution < 1.29 is 0 Å². The molecule has 4 rings (SSSR count). The molecule has 7 heteroatoms. The summed E-state index contributed by atoms with van der Waals surface area (Å²) in [5.74, 6) is 1.62. The summed E-state index contributed by atoms with van der Waals surface area (Å²) in [4.78, 5) is 8.86. The number of hydrogen-bond acceptors (Lipinski definition) is 6. The van der Waals surface area contributed by atoms with Gasteiger partial charge < -0.3 is 16.4 Å². The van der Waals surface area contributed by atoms with E-state index in [1.165, 1.54) is 0 Å². The van der Waals surface area contributed by atoms with Gasteiger partial charge in [0.25, 0.3) is 0 Å². The maximum absolute atomic E-state index is 6.31. The highest BCUT2D eigenvalue weighted by atomic mass is 15.3. The van der Waals surface area contributed by atoms with E-state index in [0.29, 0.717) is 13.1 Å². The van der Waals surface area contributed by atoms with Crippen molar-refractivity contribution in [1.82, 2.24) is 19.6 Å². The van der Waals surface area contributed by atoms with Crippen LogP contribution in [0.25, 0.3) is 5.65 Å². The summed E-state index contributed by atoms with van der Waals surface area (Å²) < 4.78 is 1.81. The van der Waals surface area contributed by atoms with Crippen LogP contribution in [-0.2, 0) is 6.54 Å². The molecule has 0 spiro atoms. The van der Waals surface area contributed by atoms with Crippen molar-refractivity contribution in [1.29, 1.82) is 0 Å². The number of nitrogens with one attached hydrogen (secondary N) is 2. The quantitative estimate of drug-likeness (QED) is 0.461. The van der Waals surface area contributed by atoms with Gasteiger partial charge in [-0.3, -0.25) is 4.98 Å². The van der Waals surface area contributed by atoms with E-state index >= 15 is 0 Å². The van der Waals surface area contributed by atoms with Gasteiger partial charge in [0.05, 0.1) is 6.20 Å². The molecule has 1 aromatic carbocycles. The summed E-state index contributed by atoms with van der Waals surface area (Å²) in [6.45, 7) is 3.23. The van der Waals surface area contributed by atoms with Crippen LogP contribution in [0, 0.1) is 6.92 Å². The highest BCUT2D eigenvalue weighted by Gasteiger charge is 2.11. The Balaban J connectivity index is 1.54. The fourth-order valence-corrected chi connectivity index (χ4v) is 3.02. The predicted octanol–water partition coefficient (Wildman–Crippen LogP) is 3.16. The number of fused-ring (bicyclic) bond motifs is 1. The molecule has 0 aliphatic carbocycles. The Morgan fingerprint density at radius 1 is 1.07 bits per heavy atom. The van der Waals surface area contributed by atoms with E-state index in [1.54, 1.807) is 6.20 Å². The monoisotopic (exact) mass is 373 g/mol. The second-order valence-electron chi connectivity index (χ2n) is 6.70. The molecule has 28 heavy (non-hydrogen) atoms. The number of hydrogen-bond donors (Lipinski definition) is 3. The van der Waals surface area contributed by atoms with Gasteiger partial charge in [-0.25, -0.2) is 4.98 Å². The summed E-state index contributed by atoms with van der Waals surface area (Å²) in [6, 6.07) is 15.8. The number of pyridine rings is 1. The normalized spacial score (nSPS) is 12.1. The standard InChI is InChI=1S/C21H23N7/c1-15-11-26-28-20(25-13-16-6-5-9-23-12-16)10-19(27-21(15)28)24-14-18(22)17-7-3-2-4-8-17/h2-12,18,25H,13-14,22H2,1H3,(H,24,27). The molecule has 0 saturated carbocycles.